The topological polar surface area (TPSA) is 109 Å². The zero-order valence-electron chi connectivity index (χ0n) is 15.1. The van der Waals surface area contributed by atoms with Crippen LogP contribution in [0.15, 0.2) is 30.5 Å². The van der Waals surface area contributed by atoms with Gasteiger partial charge >= 0.3 is 0 Å². The molecule has 140 valence electrons. The van der Waals surface area contributed by atoms with Gasteiger partial charge in [0.2, 0.25) is 0 Å². The smallest absolute Gasteiger partial charge is 0.185 e. The molecule has 7 nitrogen and oxygen atoms in total. The lowest BCUT2D eigenvalue weighted by molar-refractivity contribution is 0.380. The van der Waals surface area contributed by atoms with E-state index in [2.05, 4.69) is 16.3 Å². The molecule has 0 radical (unpaired) electrons. The molecule has 0 spiro atoms. The van der Waals surface area contributed by atoms with Gasteiger partial charge in [0.25, 0.3) is 0 Å². The Bertz CT molecular complexity index is 943. The molecule has 4 rings (SSSR count). The molecule has 2 aromatic heterocycles. The zero-order valence-corrected chi connectivity index (χ0v) is 15.9. The van der Waals surface area contributed by atoms with E-state index >= 15 is 0 Å². The van der Waals surface area contributed by atoms with Crippen LogP contribution in [0, 0.1) is 18.3 Å². The number of halogens is 1. The van der Waals surface area contributed by atoms with Gasteiger partial charge in [0.1, 0.15) is 5.82 Å². The number of hydrogen-bond acceptors (Lipinski definition) is 5. The first kappa shape index (κ1) is 19.1. The van der Waals surface area contributed by atoms with E-state index in [1.54, 1.807) is 18.3 Å². The van der Waals surface area contributed by atoms with Gasteiger partial charge in [0, 0.05) is 17.7 Å². The van der Waals surface area contributed by atoms with Gasteiger partial charge in [-0.2, -0.15) is 10.4 Å². The van der Waals surface area contributed by atoms with E-state index in [1.165, 1.54) is 0 Å². The molecule has 1 aliphatic rings. The van der Waals surface area contributed by atoms with E-state index in [1.807, 2.05) is 23.7 Å². The zero-order chi connectivity index (χ0) is 18.1. The standard InChI is InChI=1S/C19H21N7.ClH/c1-12-17(11-22-24-12)18-23-19(14-4-6-15(21)7-5-14)26(25-18)16-8-2-13(10-20)3-9-16;/h2-3,8-9,11,14-15H,4-7,21H2,1H3,(H,22,24);1H. The van der Waals surface area contributed by atoms with Gasteiger partial charge in [0.15, 0.2) is 5.82 Å². The van der Waals surface area contributed by atoms with E-state index < -0.39 is 0 Å². The first-order valence-corrected chi connectivity index (χ1v) is 8.89. The summed E-state index contributed by atoms with van der Waals surface area (Å²) >= 11 is 0. The lowest BCUT2D eigenvalue weighted by Crippen LogP contribution is -2.26. The van der Waals surface area contributed by atoms with Crippen molar-refractivity contribution in [1.82, 2.24) is 25.0 Å². The Morgan fingerprint density at radius 3 is 2.48 bits per heavy atom. The fraction of sp³-hybridized carbons (Fsp3) is 0.368. The van der Waals surface area contributed by atoms with Gasteiger partial charge in [-0.1, -0.05) is 0 Å². The van der Waals surface area contributed by atoms with Crippen molar-refractivity contribution < 1.29 is 0 Å². The molecule has 0 amide bonds. The molecular weight excluding hydrogens is 362 g/mol. The highest BCUT2D eigenvalue weighted by Crippen LogP contribution is 2.33. The molecule has 1 fully saturated rings. The van der Waals surface area contributed by atoms with Crippen LogP contribution in [0.2, 0.25) is 0 Å². The number of nitriles is 1. The lowest BCUT2D eigenvalue weighted by atomic mass is 9.86. The monoisotopic (exact) mass is 383 g/mol. The molecule has 0 bridgehead atoms. The van der Waals surface area contributed by atoms with E-state index in [4.69, 9.17) is 21.1 Å². The average molecular weight is 384 g/mol. The summed E-state index contributed by atoms with van der Waals surface area (Å²) in [7, 11) is 0. The maximum absolute atomic E-state index is 9.03. The first-order valence-electron chi connectivity index (χ1n) is 8.89. The number of hydrogen-bond donors (Lipinski definition) is 2. The third-order valence-electron chi connectivity index (χ3n) is 5.08. The fourth-order valence-electron chi connectivity index (χ4n) is 3.52. The van der Waals surface area contributed by atoms with Crippen LogP contribution in [0.25, 0.3) is 17.1 Å². The minimum atomic E-state index is 0. The summed E-state index contributed by atoms with van der Waals surface area (Å²) in [5.74, 6) is 1.96. The van der Waals surface area contributed by atoms with Crippen molar-refractivity contribution in [3.05, 3.63) is 47.5 Å². The fourth-order valence-corrected chi connectivity index (χ4v) is 3.52. The molecule has 2 heterocycles. The van der Waals surface area contributed by atoms with Crippen LogP contribution in [0.1, 0.15) is 48.7 Å². The highest BCUT2D eigenvalue weighted by Gasteiger charge is 2.26. The van der Waals surface area contributed by atoms with Crippen LogP contribution in [-0.2, 0) is 0 Å². The summed E-state index contributed by atoms with van der Waals surface area (Å²) in [5.41, 5.74) is 9.47. The predicted molar refractivity (Wildman–Crippen MR) is 105 cm³/mol. The van der Waals surface area contributed by atoms with Crippen molar-refractivity contribution in [1.29, 1.82) is 5.26 Å². The van der Waals surface area contributed by atoms with Crippen molar-refractivity contribution in [2.75, 3.05) is 0 Å². The molecule has 0 aliphatic heterocycles. The van der Waals surface area contributed by atoms with E-state index in [9.17, 15) is 0 Å². The molecule has 1 saturated carbocycles. The summed E-state index contributed by atoms with van der Waals surface area (Å²) in [6.45, 7) is 1.96. The van der Waals surface area contributed by atoms with Crippen molar-refractivity contribution in [3.8, 4) is 23.1 Å². The van der Waals surface area contributed by atoms with Gasteiger partial charge in [-0.05, 0) is 56.9 Å². The van der Waals surface area contributed by atoms with Gasteiger partial charge in [0.05, 0.1) is 29.1 Å². The molecule has 1 aromatic carbocycles. The molecular formula is C19H22ClN7. The second kappa shape index (κ2) is 7.91. The molecule has 3 aromatic rings. The Balaban J connectivity index is 0.00000210. The molecule has 0 atom stereocenters. The molecule has 0 saturated heterocycles. The Morgan fingerprint density at radius 2 is 1.89 bits per heavy atom. The van der Waals surface area contributed by atoms with Gasteiger partial charge in [-0.15, -0.1) is 17.5 Å². The third kappa shape index (κ3) is 3.72. The van der Waals surface area contributed by atoms with Crippen molar-refractivity contribution in [3.63, 3.8) is 0 Å². The quantitative estimate of drug-likeness (QED) is 0.721. The van der Waals surface area contributed by atoms with Crippen LogP contribution in [0.5, 0.6) is 0 Å². The molecule has 8 heteroatoms. The van der Waals surface area contributed by atoms with Crippen LogP contribution in [0.3, 0.4) is 0 Å². The molecule has 27 heavy (non-hydrogen) atoms. The van der Waals surface area contributed by atoms with Crippen molar-refractivity contribution in [2.24, 2.45) is 5.73 Å². The maximum atomic E-state index is 9.03. The Morgan fingerprint density at radius 1 is 1.19 bits per heavy atom. The van der Waals surface area contributed by atoms with Crippen LogP contribution in [0.4, 0.5) is 0 Å². The van der Waals surface area contributed by atoms with E-state index in [0.717, 1.165) is 48.5 Å². The number of nitrogens with two attached hydrogens (primary N) is 1. The largest absolute Gasteiger partial charge is 0.328 e. The summed E-state index contributed by atoms with van der Waals surface area (Å²) in [5, 5.41) is 20.8. The van der Waals surface area contributed by atoms with Crippen molar-refractivity contribution in [2.45, 2.75) is 44.6 Å². The molecule has 0 unspecified atom stereocenters. The second-order valence-electron chi connectivity index (χ2n) is 6.88. The molecule has 1 aliphatic carbocycles. The second-order valence-corrected chi connectivity index (χ2v) is 6.88. The Kier molecular flexibility index (Phi) is 5.59. The van der Waals surface area contributed by atoms with Gasteiger partial charge in [-0.3, -0.25) is 5.10 Å². The SMILES string of the molecule is Cc1[nH]ncc1-c1nc(C2CCC(N)CC2)n(-c2ccc(C#N)cc2)n1.Cl. The molecule has 3 N–H and O–H groups in total. The van der Waals surface area contributed by atoms with E-state index in [0.29, 0.717) is 17.3 Å². The highest BCUT2D eigenvalue weighted by molar-refractivity contribution is 5.85. The number of nitrogens with one attached hydrogen (secondary N) is 1. The highest BCUT2D eigenvalue weighted by atomic mass is 35.5. The third-order valence-corrected chi connectivity index (χ3v) is 5.08. The number of nitrogens with zero attached hydrogens (tertiary/aromatic N) is 5. The Hall–Kier alpha value is -2.69. The van der Waals surface area contributed by atoms with E-state index in [-0.39, 0.29) is 18.4 Å². The minimum absolute atomic E-state index is 0. The number of benzene rings is 1. The summed E-state index contributed by atoms with van der Waals surface area (Å²) in [6, 6.07) is 9.88. The summed E-state index contributed by atoms with van der Waals surface area (Å²) < 4.78 is 1.91. The number of aromatic amines is 1. The lowest BCUT2D eigenvalue weighted by Gasteiger charge is -2.25. The minimum Gasteiger partial charge on any atom is -0.328 e. The number of aromatic nitrogens is 5. The maximum Gasteiger partial charge on any atom is 0.185 e. The van der Waals surface area contributed by atoms with Gasteiger partial charge in [-0.25, -0.2) is 9.67 Å². The summed E-state index contributed by atoms with van der Waals surface area (Å²) in [6.07, 6.45) is 5.80. The van der Waals surface area contributed by atoms with Crippen LogP contribution < -0.4 is 5.73 Å². The number of H-pyrrole nitrogens is 1. The predicted octanol–water partition coefficient (Wildman–Crippen LogP) is 3.24. The average Bonchev–Trinajstić information content (AvgIpc) is 3.28. The first-order chi connectivity index (χ1) is 12.7. The van der Waals surface area contributed by atoms with Crippen LogP contribution in [-0.4, -0.2) is 31.0 Å². The van der Waals surface area contributed by atoms with Crippen LogP contribution >= 0.6 is 12.4 Å². The normalized spacial score (nSPS) is 19.3. The Labute approximate surface area is 164 Å². The van der Waals surface area contributed by atoms with Gasteiger partial charge < -0.3 is 5.73 Å². The number of aryl methyl sites for hydroxylation is 1. The van der Waals surface area contributed by atoms with Crippen molar-refractivity contribution >= 4 is 12.4 Å². The summed E-state index contributed by atoms with van der Waals surface area (Å²) in [4.78, 5) is 4.87. The number of rotatable bonds is 3.